The highest BCUT2D eigenvalue weighted by atomic mass is 16.5. The number of hydrogen-bond acceptors (Lipinski definition) is 5. The molecule has 0 saturated carbocycles. The van der Waals surface area contributed by atoms with Crippen LogP contribution < -0.4 is 15.4 Å². The van der Waals surface area contributed by atoms with Gasteiger partial charge in [-0.1, -0.05) is 11.2 Å². The van der Waals surface area contributed by atoms with Gasteiger partial charge in [-0.15, -0.1) is 0 Å². The molecule has 6 nitrogen and oxygen atoms in total. The molecule has 1 aromatic heterocycles. The molecule has 0 saturated heterocycles. The third-order valence-corrected chi connectivity index (χ3v) is 2.99. The fourth-order valence-electron chi connectivity index (χ4n) is 1.89. The summed E-state index contributed by atoms with van der Waals surface area (Å²) in [6, 6.07) is 6.96. The molecule has 112 valence electrons. The third-order valence-electron chi connectivity index (χ3n) is 2.99. The van der Waals surface area contributed by atoms with E-state index in [9.17, 15) is 4.79 Å². The van der Waals surface area contributed by atoms with Crippen LogP contribution in [-0.4, -0.2) is 24.2 Å². The van der Waals surface area contributed by atoms with E-state index in [-0.39, 0.29) is 5.91 Å². The second kappa shape index (κ2) is 6.30. The summed E-state index contributed by atoms with van der Waals surface area (Å²) in [5.74, 6) is 0.813. The Bertz CT molecular complexity index is 637. The number of anilines is 2. The second-order valence-corrected chi connectivity index (χ2v) is 4.89. The first kappa shape index (κ1) is 14.9. The van der Waals surface area contributed by atoms with Crippen LogP contribution in [0.2, 0.25) is 0 Å². The van der Waals surface area contributed by atoms with Crippen LogP contribution in [-0.2, 0) is 4.79 Å². The maximum absolute atomic E-state index is 12.1. The fraction of sp³-hybridized carbons (Fsp3) is 0.333. The Morgan fingerprint density at radius 2 is 2.10 bits per heavy atom. The maximum Gasteiger partial charge on any atom is 0.248 e. The first-order chi connectivity index (χ1) is 9.99. The topological polar surface area (TPSA) is 76.4 Å². The van der Waals surface area contributed by atoms with E-state index >= 15 is 0 Å². The van der Waals surface area contributed by atoms with Crippen molar-refractivity contribution < 1.29 is 14.1 Å². The van der Waals surface area contributed by atoms with Gasteiger partial charge in [0.2, 0.25) is 11.8 Å². The van der Waals surface area contributed by atoms with Gasteiger partial charge >= 0.3 is 0 Å². The van der Waals surface area contributed by atoms with Crippen LogP contribution in [0.3, 0.4) is 0 Å². The van der Waals surface area contributed by atoms with Crippen molar-refractivity contribution in [2.45, 2.75) is 26.8 Å². The van der Waals surface area contributed by atoms with Crippen molar-refractivity contribution in [1.29, 1.82) is 0 Å². The van der Waals surface area contributed by atoms with Gasteiger partial charge in [-0.25, -0.2) is 0 Å². The van der Waals surface area contributed by atoms with Crippen LogP contribution in [0, 0.1) is 13.8 Å². The molecule has 21 heavy (non-hydrogen) atoms. The number of amides is 1. The molecule has 2 aromatic rings. The smallest absolute Gasteiger partial charge is 0.248 e. The Morgan fingerprint density at radius 1 is 1.33 bits per heavy atom. The molecular formula is C15H19N3O3. The summed E-state index contributed by atoms with van der Waals surface area (Å²) in [5, 5.41) is 9.52. The van der Waals surface area contributed by atoms with E-state index < -0.39 is 6.04 Å². The highest BCUT2D eigenvalue weighted by Crippen LogP contribution is 2.26. The minimum atomic E-state index is -0.453. The molecule has 0 spiro atoms. The maximum atomic E-state index is 12.1. The largest absolute Gasteiger partial charge is 0.495 e. The molecule has 0 aliphatic heterocycles. The number of aromatic nitrogens is 1. The quantitative estimate of drug-likeness (QED) is 0.885. The first-order valence-electron chi connectivity index (χ1n) is 6.65. The Morgan fingerprint density at radius 3 is 2.71 bits per heavy atom. The lowest BCUT2D eigenvalue weighted by Gasteiger charge is -2.17. The van der Waals surface area contributed by atoms with Gasteiger partial charge < -0.3 is 14.6 Å². The van der Waals surface area contributed by atoms with Crippen LogP contribution >= 0.6 is 0 Å². The van der Waals surface area contributed by atoms with E-state index in [1.54, 1.807) is 27.0 Å². The van der Waals surface area contributed by atoms with Gasteiger partial charge in [0, 0.05) is 6.07 Å². The van der Waals surface area contributed by atoms with Crippen molar-refractivity contribution in [3.8, 4) is 5.75 Å². The zero-order chi connectivity index (χ0) is 15.4. The average Bonchev–Trinajstić information content (AvgIpc) is 2.84. The minimum Gasteiger partial charge on any atom is -0.495 e. The van der Waals surface area contributed by atoms with Crippen molar-refractivity contribution in [2.75, 3.05) is 17.7 Å². The van der Waals surface area contributed by atoms with Crippen LogP contribution in [0.4, 0.5) is 11.6 Å². The highest BCUT2D eigenvalue weighted by Gasteiger charge is 2.16. The number of nitrogens with one attached hydrogen (secondary N) is 2. The van der Waals surface area contributed by atoms with E-state index in [4.69, 9.17) is 9.26 Å². The van der Waals surface area contributed by atoms with Crippen LogP contribution in [0.25, 0.3) is 0 Å². The van der Waals surface area contributed by atoms with Gasteiger partial charge in [0.25, 0.3) is 0 Å². The molecular weight excluding hydrogens is 270 g/mol. The molecule has 6 heteroatoms. The van der Waals surface area contributed by atoms with Crippen molar-refractivity contribution >= 4 is 17.5 Å². The number of benzene rings is 1. The number of rotatable bonds is 5. The molecule has 0 aliphatic carbocycles. The standard InChI is InChI=1S/C15H19N3O3/c1-9-5-6-13(20-4)12(7-9)16-11(3)15(19)17-14-8-10(2)18-21-14/h5-8,11,16H,1-4H3,(H,17,19)/t11-/m1/s1. The highest BCUT2D eigenvalue weighted by molar-refractivity contribution is 5.95. The predicted molar refractivity (Wildman–Crippen MR) is 80.7 cm³/mol. The van der Waals surface area contributed by atoms with E-state index in [0.29, 0.717) is 17.3 Å². The zero-order valence-electron chi connectivity index (χ0n) is 12.6. The molecule has 0 radical (unpaired) electrons. The van der Waals surface area contributed by atoms with Crippen molar-refractivity contribution in [3.05, 3.63) is 35.5 Å². The lowest BCUT2D eigenvalue weighted by molar-refractivity contribution is -0.116. The van der Waals surface area contributed by atoms with E-state index in [1.165, 1.54) is 0 Å². The number of nitrogens with zero attached hydrogens (tertiary/aromatic N) is 1. The van der Waals surface area contributed by atoms with Crippen LogP contribution in [0.15, 0.2) is 28.8 Å². The molecule has 0 aliphatic rings. The van der Waals surface area contributed by atoms with E-state index in [2.05, 4.69) is 15.8 Å². The van der Waals surface area contributed by atoms with Gasteiger partial charge in [-0.3, -0.25) is 10.1 Å². The van der Waals surface area contributed by atoms with E-state index in [1.807, 2.05) is 25.1 Å². The van der Waals surface area contributed by atoms with Gasteiger partial charge in [0.15, 0.2) is 0 Å². The molecule has 1 amide bonds. The molecule has 2 N–H and O–H groups in total. The monoisotopic (exact) mass is 289 g/mol. The SMILES string of the molecule is COc1ccc(C)cc1N[C@H](C)C(=O)Nc1cc(C)no1. The Labute approximate surface area is 123 Å². The van der Waals surface area contributed by atoms with Crippen molar-refractivity contribution in [3.63, 3.8) is 0 Å². The normalized spacial score (nSPS) is 11.8. The summed E-state index contributed by atoms with van der Waals surface area (Å²) < 4.78 is 10.2. The summed E-state index contributed by atoms with van der Waals surface area (Å²) in [7, 11) is 1.60. The Balaban J connectivity index is 2.05. The number of ether oxygens (including phenoxy) is 1. The Hall–Kier alpha value is -2.50. The van der Waals surface area contributed by atoms with Gasteiger partial charge in [-0.2, -0.15) is 0 Å². The third kappa shape index (κ3) is 3.75. The average molecular weight is 289 g/mol. The van der Waals surface area contributed by atoms with Crippen molar-refractivity contribution in [1.82, 2.24) is 5.16 Å². The lowest BCUT2D eigenvalue weighted by atomic mass is 10.2. The van der Waals surface area contributed by atoms with Crippen LogP contribution in [0.5, 0.6) is 5.75 Å². The molecule has 0 unspecified atom stereocenters. The number of carbonyl (C=O) groups is 1. The first-order valence-corrected chi connectivity index (χ1v) is 6.65. The van der Waals surface area contributed by atoms with Crippen molar-refractivity contribution in [2.24, 2.45) is 0 Å². The summed E-state index contributed by atoms with van der Waals surface area (Å²) in [6.07, 6.45) is 0. The summed E-state index contributed by atoms with van der Waals surface area (Å²) >= 11 is 0. The van der Waals surface area contributed by atoms with Crippen LogP contribution in [0.1, 0.15) is 18.2 Å². The minimum absolute atomic E-state index is 0.213. The summed E-state index contributed by atoms with van der Waals surface area (Å²) in [4.78, 5) is 12.1. The second-order valence-electron chi connectivity index (χ2n) is 4.89. The lowest BCUT2D eigenvalue weighted by Crippen LogP contribution is -2.31. The van der Waals surface area contributed by atoms with Gasteiger partial charge in [0.1, 0.15) is 11.8 Å². The predicted octanol–water partition coefficient (Wildman–Crippen LogP) is 2.74. The fourth-order valence-corrected chi connectivity index (χ4v) is 1.89. The molecule has 1 atom stereocenters. The number of aryl methyl sites for hydroxylation is 2. The molecule has 1 aromatic carbocycles. The molecule has 0 fully saturated rings. The number of methoxy groups -OCH3 is 1. The summed E-state index contributed by atoms with van der Waals surface area (Å²) in [6.45, 7) is 5.53. The van der Waals surface area contributed by atoms with Gasteiger partial charge in [-0.05, 0) is 38.5 Å². The zero-order valence-corrected chi connectivity index (χ0v) is 12.6. The number of hydrogen-bond donors (Lipinski definition) is 2. The van der Waals surface area contributed by atoms with Gasteiger partial charge in [0.05, 0.1) is 18.5 Å². The summed E-state index contributed by atoms with van der Waals surface area (Å²) in [5.41, 5.74) is 2.57. The number of carbonyl (C=O) groups excluding carboxylic acids is 1. The molecule has 1 heterocycles. The Kier molecular flexibility index (Phi) is 4.47. The van der Waals surface area contributed by atoms with E-state index in [0.717, 1.165) is 11.3 Å². The molecule has 0 bridgehead atoms. The molecule has 2 rings (SSSR count).